The van der Waals surface area contributed by atoms with Crippen LogP contribution >= 0.6 is 0 Å². The molecule has 0 saturated carbocycles. The SMILES string of the molecule is Nc1ccccc1CCOCc1cc(F)ccc1F. The Hall–Kier alpha value is -1.94. The second kappa shape index (κ2) is 6.29. The number of nitrogen functional groups attached to an aromatic ring is 1. The summed E-state index contributed by atoms with van der Waals surface area (Å²) in [6.45, 7) is 0.459. The minimum atomic E-state index is -0.465. The topological polar surface area (TPSA) is 35.2 Å². The second-order valence-corrected chi connectivity index (χ2v) is 4.24. The number of hydrogen-bond acceptors (Lipinski definition) is 2. The zero-order valence-electron chi connectivity index (χ0n) is 10.4. The van der Waals surface area contributed by atoms with Gasteiger partial charge in [0.25, 0.3) is 0 Å². The molecule has 4 heteroatoms. The third kappa shape index (κ3) is 3.76. The third-order valence-electron chi connectivity index (χ3n) is 2.84. The number of hydrogen-bond donors (Lipinski definition) is 1. The zero-order chi connectivity index (χ0) is 13.7. The third-order valence-corrected chi connectivity index (χ3v) is 2.84. The van der Waals surface area contributed by atoms with Crippen LogP contribution < -0.4 is 5.73 Å². The van der Waals surface area contributed by atoms with Gasteiger partial charge in [-0.15, -0.1) is 0 Å². The van der Waals surface area contributed by atoms with Crippen molar-refractivity contribution >= 4 is 5.69 Å². The fraction of sp³-hybridized carbons (Fsp3) is 0.200. The number of nitrogens with two attached hydrogens (primary N) is 1. The van der Waals surface area contributed by atoms with Crippen molar-refractivity contribution in [1.82, 2.24) is 0 Å². The molecule has 0 radical (unpaired) electrons. The van der Waals surface area contributed by atoms with E-state index in [1.54, 1.807) is 0 Å². The molecule has 0 amide bonds. The highest BCUT2D eigenvalue weighted by Crippen LogP contribution is 2.13. The van der Waals surface area contributed by atoms with Crippen LogP contribution in [0, 0.1) is 11.6 Å². The summed E-state index contributed by atoms with van der Waals surface area (Å²) in [4.78, 5) is 0. The van der Waals surface area contributed by atoms with E-state index in [0.717, 1.165) is 23.8 Å². The van der Waals surface area contributed by atoms with Crippen LogP contribution in [0.15, 0.2) is 42.5 Å². The molecule has 2 rings (SSSR count). The minimum absolute atomic E-state index is 0.0519. The first-order chi connectivity index (χ1) is 9.16. The van der Waals surface area contributed by atoms with Gasteiger partial charge >= 0.3 is 0 Å². The maximum Gasteiger partial charge on any atom is 0.128 e. The van der Waals surface area contributed by atoms with Crippen LogP contribution in [0.4, 0.5) is 14.5 Å². The van der Waals surface area contributed by atoms with Gasteiger partial charge < -0.3 is 10.5 Å². The van der Waals surface area contributed by atoms with Crippen molar-refractivity contribution in [3.8, 4) is 0 Å². The first-order valence-electron chi connectivity index (χ1n) is 6.02. The molecule has 2 aromatic rings. The van der Waals surface area contributed by atoms with E-state index >= 15 is 0 Å². The lowest BCUT2D eigenvalue weighted by Crippen LogP contribution is -2.03. The molecule has 19 heavy (non-hydrogen) atoms. The Labute approximate surface area is 110 Å². The van der Waals surface area contributed by atoms with Gasteiger partial charge in [0.1, 0.15) is 11.6 Å². The maximum absolute atomic E-state index is 13.3. The highest BCUT2D eigenvalue weighted by molar-refractivity contribution is 5.46. The van der Waals surface area contributed by atoms with Crippen molar-refractivity contribution in [2.24, 2.45) is 0 Å². The Bertz CT molecular complexity index is 558. The van der Waals surface area contributed by atoms with E-state index in [2.05, 4.69) is 0 Å². The van der Waals surface area contributed by atoms with Gasteiger partial charge in [0, 0.05) is 11.3 Å². The van der Waals surface area contributed by atoms with Crippen LogP contribution in [-0.2, 0) is 17.8 Å². The summed E-state index contributed by atoms with van der Waals surface area (Å²) in [7, 11) is 0. The summed E-state index contributed by atoms with van der Waals surface area (Å²) in [5.74, 6) is -0.923. The Balaban J connectivity index is 1.84. The van der Waals surface area contributed by atoms with Crippen molar-refractivity contribution in [2.75, 3.05) is 12.3 Å². The first-order valence-corrected chi connectivity index (χ1v) is 6.02. The monoisotopic (exact) mass is 263 g/mol. The largest absolute Gasteiger partial charge is 0.399 e. The minimum Gasteiger partial charge on any atom is -0.399 e. The molecule has 0 aliphatic carbocycles. The summed E-state index contributed by atoms with van der Waals surface area (Å²) in [6, 6.07) is 10.8. The number of halogens is 2. The van der Waals surface area contributed by atoms with E-state index in [1.165, 1.54) is 0 Å². The smallest absolute Gasteiger partial charge is 0.128 e. The number of para-hydroxylation sites is 1. The van der Waals surface area contributed by atoms with Crippen LogP contribution in [0.2, 0.25) is 0 Å². The molecule has 0 heterocycles. The van der Waals surface area contributed by atoms with Crippen LogP contribution in [0.5, 0.6) is 0 Å². The number of ether oxygens (including phenoxy) is 1. The van der Waals surface area contributed by atoms with E-state index in [-0.39, 0.29) is 12.2 Å². The van der Waals surface area contributed by atoms with Crippen LogP contribution in [0.1, 0.15) is 11.1 Å². The lowest BCUT2D eigenvalue weighted by Gasteiger charge is -2.07. The molecule has 0 aromatic heterocycles. The van der Waals surface area contributed by atoms with Crippen LogP contribution in [0.3, 0.4) is 0 Å². The van der Waals surface area contributed by atoms with Gasteiger partial charge in [0.15, 0.2) is 0 Å². The highest BCUT2D eigenvalue weighted by atomic mass is 19.1. The Morgan fingerprint density at radius 1 is 1.00 bits per heavy atom. The molecule has 2 nitrogen and oxygen atoms in total. The summed E-state index contributed by atoms with van der Waals surface area (Å²) in [6.07, 6.45) is 0.642. The van der Waals surface area contributed by atoms with Gasteiger partial charge in [0.05, 0.1) is 13.2 Å². The summed E-state index contributed by atoms with van der Waals surface area (Å²) >= 11 is 0. The number of benzene rings is 2. The molecule has 0 atom stereocenters. The van der Waals surface area contributed by atoms with Crippen molar-refractivity contribution in [2.45, 2.75) is 13.0 Å². The molecule has 0 aliphatic heterocycles. The van der Waals surface area contributed by atoms with Gasteiger partial charge in [-0.1, -0.05) is 18.2 Å². The fourth-order valence-corrected chi connectivity index (χ4v) is 1.78. The van der Waals surface area contributed by atoms with Crippen LogP contribution in [0.25, 0.3) is 0 Å². The second-order valence-electron chi connectivity index (χ2n) is 4.24. The van der Waals surface area contributed by atoms with E-state index < -0.39 is 11.6 Å². The average Bonchev–Trinajstić information content (AvgIpc) is 2.40. The lowest BCUT2D eigenvalue weighted by atomic mass is 10.1. The normalized spacial score (nSPS) is 10.6. The fourth-order valence-electron chi connectivity index (χ4n) is 1.78. The van der Waals surface area contributed by atoms with Crippen molar-refractivity contribution in [1.29, 1.82) is 0 Å². The number of anilines is 1. The first kappa shape index (κ1) is 13.5. The molecule has 0 aliphatic rings. The quantitative estimate of drug-likeness (QED) is 0.663. The zero-order valence-corrected chi connectivity index (χ0v) is 10.4. The molecule has 0 bridgehead atoms. The van der Waals surface area contributed by atoms with Crippen molar-refractivity contribution in [3.63, 3.8) is 0 Å². The number of rotatable bonds is 5. The maximum atomic E-state index is 13.3. The lowest BCUT2D eigenvalue weighted by molar-refractivity contribution is 0.121. The predicted octanol–water partition coefficient (Wildman–Crippen LogP) is 3.31. The van der Waals surface area contributed by atoms with Gasteiger partial charge in [0.2, 0.25) is 0 Å². The molecule has 2 N–H and O–H groups in total. The van der Waals surface area contributed by atoms with E-state index in [4.69, 9.17) is 10.5 Å². The van der Waals surface area contributed by atoms with E-state index in [0.29, 0.717) is 18.7 Å². The van der Waals surface area contributed by atoms with Gasteiger partial charge in [-0.2, -0.15) is 0 Å². The molecule has 0 spiro atoms. The van der Waals surface area contributed by atoms with Gasteiger partial charge in [-0.25, -0.2) is 8.78 Å². The van der Waals surface area contributed by atoms with Crippen molar-refractivity contribution in [3.05, 3.63) is 65.2 Å². The molecular weight excluding hydrogens is 248 g/mol. The highest BCUT2D eigenvalue weighted by Gasteiger charge is 2.04. The Morgan fingerprint density at radius 3 is 2.58 bits per heavy atom. The van der Waals surface area contributed by atoms with Crippen molar-refractivity contribution < 1.29 is 13.5 Å². The van der Waals surface area contributed by atoms with Gasteiger partial charge in [-0.3, -0.25) is 0 Å². The standard InChI is InChI=1S/C15H15F2NO/c16-13-5-6-14(17)12(9-13)10-19-8-7-11-3-1-2-4-15(11)18/h1-6,9H,7-8,10,18H2. The van der Waals surface area contributed by atoms with Crippen LogP contribution in [-0.4, -0.2) is 6.61 Å². The molecular formula is C15H15F2NO. The summed E-state index contributed by atoms with van der Waals surface area (Å²) in [5, 5.41) is 0. The van der Waals surface area contributed by atoms with E-state index in [9.17, 15) is 8.78 Å². The molecule has 100 valence electrons. The van der Waals surface area contributed by atoms with Gasteiger partial charge in [-0.05, 0) is 36.2 Å². The predicted molar refractivity (Wildman–Crippen MR) is 70.6 cm³/mol. The summed E-state index contributed by atoms with van der Waals surface area (Å²) in [5.41, 5.74) is 7.72. The Morgan fingerprint density at radius 2 is 1.79 bits per heavy atom. The Kier molecular flexibility index (Phi) is 4.47. The molecule has 2 aromatic carbocycles. The summed E-state index contributed by atoms with van der Waals surface area (Å²) < 4.78 is 31.6. The average molecular weight is 263 g/mol. The van der Waals surface area contributed by atoms with E-state index in [1.807, 2.05) is 24.3 Å². The molecule has 0 unspecified atom stereocenters. The molecule has 0 fully saturated rings. The molecule has 0 saturated heterocycles.